The van der Waals surface area contributed by atoms with Crippen molar-refractivity contribution in [3.8, 4) is 0 Å². The first-order valence-corrected chi connectivity index (χ1v) is 6.03. The lowest BCUT2D eigenvalue weighted by Crippen LogP contribution is -2.51. The normalized spacial score (nSPS) is 41.0. The predicted octanol–water partition coefficient (Wildman–Crippen LogP) is 0.451. The maximum atomic E-state index is 9.68. The Morgan fingerprint density at radius 2 is 1.73 bits per heavy atom. The smallest absolute Gasteiger partial charge is 0.192 e. The summed E-state index contributed by atoms with van der Waals surface area (Å²) >= 11 is 0. The third kappa shape index (κ3) is 1.71. The van der Waals surface area contributed by atoms with Crippen molar-refractivity contribution >= 4 is 5.96 Å². The molecule has 0 aromatic heterocycles. The Kier molecular flexibility index (Phi) is 2.12. The van der Waals surface area contributed by atoms with Gasteiger partial charge in [0.25, 0.3) is 0 Å². The largest absolute Gasteiger partial charge is 0.393 e. The third-order valence-electron chi connectivity index (χ3n) is 3.83. The molecule has 2 atom stereocenters. The molecule has 4 nitrogen and oxygen atoms in total. The van der Waals surface area contributed by atoms with E-state index in [1.54, 1.807) is 0 Å². The van der Waals surface area contributed by atoms with Crippen LogP contribution in [0.1, 0.15) is 38.5 Å². The van der Waals surface area contributed by atoms with Crippen LogP contribution < -0.4 is 5.73 Å². The van der Waals surface area contributed by atoms with Crippen molar-refractivity contribution in [2.75, 3.05) is 0 Å². The Labute approximate surface area is 90.2 Å². The summed E-state index contributed by atoms with van der Waals surface area (Å²) in [6.07, 6.45) is 6.37. The number of hydrogen-bond donors (Lipinski definition) is 2. The molecule has 15 heavy (non-hydrogen) atoms. The highest BCUT2D eigenvalue weighted by Gasteiger charge is 2.41. The van der Waals surface area contributed by atoms with Crippen LogP contribution in [0.4, 0.5) is 0 Å². The molecule has 0 amide bonds. The van der Waals surface area contributed by atoms with E-state index < -0.39 is 0 Å². The molecular formula is C11H19N3O. The molecule has 3 fully saturated rings. The summed E-state index contributed by atoms with van der Waals surface area (Å²) in [7, 11) is 0. The minimum atomic E-state index is -0.118. The van der Waals surface area contributed by atoms with Gasteiger partial charge >= 0.3 is 0 Å². The van der Waals surface area contributed by atoms with Crippen LogP contribution in [0.5, 0.6) is 0 Å². The highest BCUT2D eigenvalue weighted by atomic mass is 16.3. The summed E-state index contributed by atoms with van der Waals surface area (Å²) in [5.74, 6) is 0.733. The monoisotopic (exact) mass is 209 g/mol. The summed E-state index contributed by atoms with van der Waals surface area (Å²) in [6.45, 7) is 0. The molecule has 2 unspecified atom stereocenters. The quantitative estimate of drug-likeness (QED) is 0.487. The number of piperidine rings is 1. The van der Waals surface area contributed by atoms with Gasteiger partial charge in [0.1, 0.15) is 0 Å². The molecule has 1 saturated carbocycles. The number of guanidine groups is 1. The SMILES string of the molecule is NC(=NC1CC1)N1C2CCC1CC(O)C2. The molecule has 2 heterocycles. The first-order chi connectivity index (χ1) is 7.24. The van der Waals surface area contributed by atoms with Crippen LogP contribution in [0, 0.1) is 0 Å². The van der Waals surface area contributed by atoms with Crippen LogP contribution in [0.2, 0.25) is 0 Å². The summed E-state index contributed by atoms with van der Waals surface area (Å²) in [5, 5.41) is 9.68. The van der Waals surface area contributed by atoms with Crippen molar-refractivity contribution in [3.05, 3.63) is 0 Å². The van der Waals surface area contributed by atoms with Gasteiger partial charge in [-0.2, -0.15) is 0 Å². The van der Waals surface area contributed by atoms with Crippen LogP contribution in [-0.4, -0.2) is 40.2 Å². The molecule has 1 aliphatic carbocycles. The maximum absolute atomic E-state index is 9.68. The van der Waals surface area contributed by atoms with Gasteiger partial charge < -0.3 is 15.7 Å². The minimum Gasteiger partial charge on any atom is -0.393 e. The maximum Gasteiger partial charge on any atom is 0.192 e. The number of aliphatic imine (C=N–C) groups is 1. The molecule has 3 N–H and O–H groups in total. The number of rotatable bonds is 1. The lowest BCUT2D eigenvalue weighted by atomic mass is 10.0. The Morgan fingerprint density at radius 1 is 1.13 bits per heavy atom. The number of fused-ring (bicyclic) bond motifs is 2. The summed E-state index contributed by atoms with van der Waals surface area (Å²) in [6, 6.07) is 1.39. The van der Waals surface area contributed by atoms with E-state index in [-0.39, 0.29) is 6.10 Å². The molecule has 2 bridgehead atoms. The fourth-order valence-corrected chi connectivity index (χ4v) is 2.98. The molecule has 0 spiro atoms. The van der Waals surface area contributed by atoms with Crippen molar-refractivity contribution in [1.29, 1.82) is 0 Å². The zero-order chi connectivity index (χ0) is 10.4. The zero-order valence-electron chi connectivity index (χ0n) is 8.97. The predicted molar refractivity (Wildman–Crippen MR) is 58.5 cm³/mol. The molecule has 2 saturated heterocycles. The van der Waals surface area contributed by atoms with Gasteiger partial charge in [0, 0.05) is 12.1 Å². The number of aliphatic hydroxyl groups excluding tert-OH is 1. The van der Waals surface area contributed by atoms with E-state index in [0.717, 1.165) is 18.8 Å². The Balaban J connectivity index is 1.75. The highest BCUT2D eigenvalue weighted by molar-refractivity contribution is 5.79. The fourth-order valence-electron chi connectivity index (χ4n) is 2.98. The van der Waals surface area contributed by atoms with E-state index in [1.165, 1.54) is 25.7 Å². The van der Waals surface area contributed by atoms with Gasteiger partial charge in [-0.05, 0) is 38.5 Å². The van der Waals surface area contributed by atoms with Crippen LogP contribution in [-0.2, 0) is 0 Å². The van der Waals surface area contributed by atoms with Crippen molar-refractivity contribution in [2.24, 2.45) is 10.7 Å². The van der Waals surface area contributed by atoms with Gasteiger partial charge in [0.05, 0.1) is 12.1 Å². The molecule has 0 radical (unpaired) electrons. The standard InChI is InChI=1S/C11H19N3O/c12-11(13-7-1-2-7)14-8-3-4-9(14)6-10(15)5-8/h7-10,15H,1-6H2,(H2,12,13). The van der Waals surface area contributed by atoms with Gasteiger partial charge in [-0.1, -0.05) is 0 Å². The third-order valence-corrected chi connectivity index (χ3v) is 3.83. The summed E-state index contributed by atoms with van der Waals surface area (Å²) in [4.78, 5) is 6.79. The number of hydrogen-bond acceptors (Lipinski definition) is 2. The molecule has 3 rings (SSSR count). The lowest BCUT2D eigenvalue weighted by molar-refractivity contribution is 0.0704. The van der Waals surface area contributed by atoms with E-state index in [4.69, 9.17) is 5.73 Å². The van der Waals surface area contributed by atoms with Gasteiger partial charge in [-0.3, -0.25) is 0 Å². The molecule has 2 aliphatic heterocycles. The van der Waals surface area contributed by atoms with E-state index in [9.17, 15) is 5.11 Å². The fraction of sp³-hybridized carbons (Fsp3) is 0.909. The van der Waals surface area contributed by atoms with Crippen LogP contribution in [0.25, 0.3) is 0 Å². The van der Waals surface area contributed by atoms with Crippen LogP contribution >= 0.6 is 0 Å². The second kappa shape index (κ2) is 3.37. The first kappa shape index (κ1) is 9.46. The number of nitrogens with two attached hydrogens (primary N) is 1. The van der Waals surface area contributed by atoms with Crippen LogP contribution in [0.15, 0.2) is 4.99 Å². The first-order valence-electron chi connectivity index (χ1n) is 6.03. The Hall–Kier alpha value is -0.770. The average molecular weight is 209 g/mol. The zero-order valence-corrected chi connectivity index (χ0v) is 8.97. The van der Waals surface area contributed by atoms with Gasteiger partial charge in [0.15, 0.2) is 5.96 Å². The highest BCUT2D eigenvalue weighted by Crippen LogP contribution is 2.36. The number of nitrogens with zero attached hydrogens (tertiary/aromatic N) is 2. The summed E-state index contributed by atoms with van der Waals surface area (Å²) in [5.41, 5.74) is 6.05. The van der Waals surface area contributed by atoms with E-state index in [2.05, 4.69) is 9.89 Å². The van der Waals surface area contributed by atoms with Crippen molar-refractivity contribution in [1.82, 2.24) is 4.90 Å². The Bertz CT molecular complexity index is 274. The minimum absolute atomic E-state index is 0.118. The molecule has 3 aliphatic rings. The van der Waals surface area contributed by atoms with Crippen molar-refractivity contribution in [3.63, 3.8) is 0 Å². The topological polar surface area (TPSA) is 61.8 Å². The second-order valence-corrected chi connectivity index (χ2v) is 5.14. The van der Waals surface area contributed by atoms with Gasteiger partial charge in [-0.15, -0.1) is 0 Å². The molecule has 0 aromatic carbocycles. The summed E-state index contributed by atoms with van der Waals surface area (Å²) < 4.78 is 0. The molecular weight excluding hydrogens is 190 g/mol. The lowest BCUT2D eigenvalue weighted by Gasteiger charge is -2.37. The van der Waals surface area contributed by atoms with Crippen molar-refractivity contribution in [2.45, 2.75) is 62.8 Å². The second-order valence-electron chi connectivity index (χ2n) is 5.14. The molecule has 0 aromatic rings. The van der Waals surface area contributed by atoms with Crippen molar-refractivity contribution < 1.29 is 5.11 Å². The Morgan fingerprint density at radius 3 is 2.27 bits per heavy atom. The van der Waals surface area contributed by atoms with E-state index in [0.29, 0.717) is 18.1 Å². The van der Waals surface area contributed by atoms with E-state index in [1.807, 2.05) is 0 Å². The van der Waals surface area contributed by atoms with Gasteiger partial charge in [0.2, 0.25) is 0 Å². The molecule has 4 heteroatoms. The average Bonchev–Trinajstić information content (AvgIpc) is 2.93. The number of aliphatic hydroxyl groups is 1. The van der Waals surface area contributed by atoms with Gasteiger partial charge in [-0.25, -0.2) is 4.99 Å². The van der Waals surface area contributed by atoms with E-state index >= 15 is 0 Å². The van der Waals surface area contributed by atoms with Crippen LogP contribution in [0.3, 0.4) is 0 Å². The molecule has 84 valence electrons.